The molecule has 0 aliphatic rings. The van der Waals surface area contributed by atoms with Crippen molar-refractivity contribution in [2.75, 3.05) is 0 Å². The summed E-state index contributed by atoms with van der Waals surface area (Å²) in [4.78, 5) is 23.0. The van der Waals surface area contributed by atoms with Gasteiger partial charge in [-0.25, -0.2) is 0 Å². The lowest BCUT2D eigenvalue weighted by molar-refractivity contribution is -0.126. The number of amides is 2. The van der Waals surface area contributed by atoms with E-state index in [0.717, 1.165) is 28.6 Å². The highest BCUT2D eigenvalue weighted by molar-refractivity contribution is 9.10. The zero-order chi connectivity index (χ0) is 17.4. The molecule has 1 aromatic carbocycles. The van der Waals surface area contributed by atoms with E-state index in [2.05, 4.69) is 26.8 Å². The molecular formula is C18H19BrN2O3. The number of carbonyl (C=O) groups excluding carboxylic acids is 2. The third-order valence-electron chi connectivity index (χ3n) is 3.24. The Hall–Kier alpha value is -2.34. The molecule has 2 rings (SSSR count). The fourth-order valence-electron chi connectivity index (χ4n) is 1.94. The highest BCUT2D eigenvalue weighted by Crippen LogP contribution is 2.24. The first kappa shape index (κ1) is 18.0. The summed E-state index contributed by atoms with van der Waals surface area (Å²) in [7, 11) is 0. The number of halogens is 1. The molecule has 0 unspecified atom stereocenters. The van der Waals surface area contributed by atoms with Gasteiger partial charge in [0, 0.05) is 22.5 Å². The van der Waals surface area contributed by atoms with Gasteiger partial charge < -0.3 is 4.42 Å². The molecule has 0 aliphatic heterocycles. The fraction of sp³-hybridized carbons (Fsp3) is 0.222. The minimum absolute atomic E-state index is 0.200. The van der Waals surface area contributed by atoms with Crippen LogP contribution in [0.1, 0.15) is 31.9 Å². The largest absolute Gasteiger partial charge is 0.457 e. The number of rotatable bonds is 6. The second kappa shape index (κ2) is 9.08. The summed E-state index contributed by atoms with van der Waals surface area (Å²) in [6.45, 7) is 2.00. The smallest absolute Gasteiger partial charge is 0.262 e. The first-order valence-corrected chi connectivity index (χ1v) is 8.50. The average molecular weight is 391 g/mol. The SMILES string of the molecule is CCCCC(=O)NNC(=O)/C=C/c1ccc(-c2ccc(Br)cc2)o1. The molecule has 2 amide bonds. The summed E-state index contributed by atoms with van der Waals surface area (Å²) in [6.07, 6.45) is 4.98. The van der Waals surface area contributed by atoms with Crippen LogP contribution in [0.25, 0.3) is 17.4 Å². The van der Waals surface area contributed by atoms with Crippen LogP contribution in [0.15, 0.2) is 51.4 Å². The molecule has 0 aliphatic carbocycles. The molecule has 6 heteroatoms. The number of unbranched alkanes of at least 4 members (excludes halogenated alkanes) is 1. The van der Waals surface area contributed by atoms with Crippen LogP contribution in [-0.2, 0) is 9.59 Å². The average Bonchev–Trinajstić information content (AvgIpc) is 3.06. The lowest BCUT2D eigenvalue weighted by Crippen LogP contribution is -2.40. The maximum Gasteiger partial charge on any atom is 0.262 e. The van der Waals surface area contributed by atoms with Crippen LogP contribution in [0, 0.1) is 0 Å². The molecule has 0 fully saturated rings. The number of nitrogens with one attached hydrogen (secondary N) is 2. The third-order valence-corrected chi connectivity index (χ3v) is 3.77. The Labute approximate surface area is 149 Å². The Morgan fingerprint density at radius 3 is 2.58 bits per heavy atom. The first-order valence-electron chi connectivity index (χ1n) is 7.71. The van der Waals surface area contributed by atoms with E-state index < -0.39 is 5.91 Å². The van der Waals surface area contributed by atoms with Crippen molar-refractivity contribution in [2.24, 2.45) is 0 Å². The maximum absolute atomic E-state index is 11.6. The van der Waals surface area contributed by atoms with Gasteiger partial charge in [-0.1, -0.05) is 41.4 Å². The van der Waals surface area contributed by atoms with Gasteiger partial charge in [0.25, 0.3) is 5.91 Å². The number of hydrogen-bond acceptors (Lipinski definition) is 3. The summed E-state index contributed by atoms with van der Waals surface area (Å²) >= 11 is 3.39. The van der Waals surface area contributed by atoms with E-state index in [1.807, 2.05) is 37.3 Å². The van der Waals surface area contributed by atoms with Gasteiger partial charge >= 0.3 is 0 Å². The van der Waals surface area contributed by atoms with Crippen LogP contribution >= 0.6 is 15.9 Å². The summed E-state index contributed by atoms with van der Waals surface area (Å²) < 4.78 is 6.67. The van der Waals surface area contributed by atoms with Crippen LogP contribution in [0.5, 0.6) is 0 Å². The molecule has 126 valence electrons. The van der Waals surface area contributed by atoms with E-state index in [1.165, 1.54) is 6.08 Å². The van der Waals surface area contributed by atoms with Gasteiger partial charge in [0.05, 0.1) is 0 Å². The van der Waals surface area contributed by atoms with E-state index in [4.69, 9.17) is 4.42 Å². The molecule has 1 heterocycles. The van der Waals surface area contributed by atoms with Crippen LogP contribution in [0.4, 0.5) is 0 Å². The van der Waals surface area contributed by atoms with Gasteiger partial charge in [0.1, 0.15) is 11.5 Å². The number of carbonyl (C=O) groups is 2. The van der Waals surface area contributed by atoms with Gasteiger partial charge in [-0.3, -0.25) is 20.4 Å². The van der Waals surface area contributed by atoms with Crippen LogP contribution in [0.3, 0.4) is 0 Å². The zero-order valence-corrected chi connectivity index (χ0v) is 14.9. The number of furan rings is 1. The van der Waals surface area contributed by atoms with Crippen molar-refractivity contribution in [3.63, 3.8) is 0 Å². The summed E-state index contributed by atoms with van der Waals surface area (Å²) in [5, 5.41) is 0. The molecule has 0 spiro atoms. The van der Waals surface area contributed by atoms with Crippen LogP contribution < -0.4 is 10.9 Å². The first-order chi connectivity index (χ1) is 11.6. The molecule has 2 N–H and O–H groups in total. The van der Waals surface area contributed by atoms with Gasteiger partial charge in [0.2, 0.25) is 5.91 Å². The minimum Gasteiger partial charge on any atom is -0.457 e. The minimum atomic E-state index is -0.415. The van der Waals surface area contributed by atoms with Crippen molar-refractivity contribution in [2.45, 2.75) is 26.2 Å². The number of hydrazine groups is 1. The van der Waals surface area contributed by atoms with Crippen molar-refractivity contribution >= 4 is 33.8 Å². The Morgan fingerprint density at radius 2 is 1.88 bits per heavy atom. The van der Waals surface area contributed by atoms with Gasteiger partial charge in [-0.15, -0.1) is 0 Å². The second-order valence-corrected chi connectivity index (χ2v) is 6.10. The monoisotopic (exact) mass is 390 g/mol. The second-order valence-electron chi connectivity index (χ2n) is 5.18. The third kappa shape index (κ3) is 5.70. The Balaban J connectivity index is 1.87. The molecule has 24 heavy (non-hydrogen) atoms. The normalized spacial score (nSPS) is 10.8. The lowest BCUT2D eigenvalue weighted by Gasteiger charge is -2.03. The van der Waals surface area contributed by atoms with E-state index in [-0.39, 0.29) is 5.91 Å². The number of benzene rings is 1. The zero-order valence-electron chi connectivity index (χ0n) is 13.3. The highest BCUT2D eigenvalue weighted by atomic mass is 79.9. The summed E-state index contributed by atoms with van der Waals surface area (Å²) in [5.74, 6) is 0.659. The van der Waals surface area contributed by atoms with Gasteiger partial charge in [0.15, 0.2) is 0 Å². The van der Waals surface area contributed by atoms with E-state index in [1.54, 1.807) is 12.1 Å². The van der Waals surface area contributed by atoms with Crippen molar-refractivity contribution in [3.8, 4) is 11.3 Å². The molecule has 5 nitrogen and oxygen atoms in total. The van der Waals surface area contributed by atoms with Crippen molar-refractivity contribution in [1.82, 2.24) is 10.9 Å². The quantitative estimate of drug-likeness (QED) is 0.576. The molecule has 0 radical (unpaired) electrons. The summed E-state index contributed by atoms with van der Waals surface area (Å²) in [5.41, 5.74) is 5.65. The molecule has 0 saturated carbocycles. The van der Waals surface area contributed by atoms with Crippen LogP contribution in [0.2, 0.25) is 0 Å². The maximum atomic E-state index is 11.6. The molecule has 0 atom stereocenters. The fourth-order valence-corrected chi connectivity index (χ4v) is 2.21. The predicted octanol–water partition coefficient (Wildman–Crippen LogP) is 4.06. The molecule has 0 bridgehead atoms. The van der Waals surface area contributed by atoms with Crippen molar-refractivity contribution in [1.29, 1.82) is 0 Å². The van der Waals surface area contributed by atoms with Crippen LogP contribution in [-0.4, -0.2) is 11.8 Å². The Morgan fingerprint density at radius 1 is 1.12 bits per heavy atom. The van der Waals surface area contributed by atoms with E-state index in [0.29, 0.717) is 12.2 Å². The standard InChI is InChI=1S/C18H19BrN2O3/c1-2-3-4-17(22)20-21-18(23)12-10-15-9-11-16(24-15)13-5-7-14(19)8-6-13/h5-12H,2-4H2,1H3,(H,20,22)(H,21,23)/b12-10+. The molecule has 2 aromatic rings. The summed E-state index contributed by atoms with van der Waals surface area (Å²) in [6, 6.07) is 11.4. The lowest BCUT2D eigenvalue weighted by atomic mass is 10.2. The molecule has 0 saturated heterocycles. The van der Waals surface area contributed by atoms with E-state index in [9.17, 15) is 9.59 Å². The molecular weight excluding hydrogens is 372 g/mol. The Bertz CT molecular complexity index is 720. The predicted molar refractivity (Wildman–Crippen MR) is 96.7 cm³/mol. The van der Waals surface area contributed by atoms with E-state index >= 15 is 0 Å². The topological polar surface area (TPSA) is 71.3 Å². The number of hydrogen-bond donors (Lipinski definition) is 2. The van der Waals surface area contributed by atoms with Crippen molar-refractivity contribution < 1.29 is 14.0 Å². The van der Waals surface area contributed by atoms with Gasteiger partial charge in [-0.05, 0) is 36.8 Å². The highest BCUT2D eigenvalue weighted by Gasteiger charge is 2.04. The van der Waals surface area contributed by atoms with Crippen molar-refractivity contribution in [3.05, 3.63) is 52.7 Å². The molecule has 1 aromatic heterocycles. The Kier molecular flexibility index (Phi) is 6.81. The van der Waals surface area contributed by atoms with Gasteiger partial charge in [-0.2, -0.15) is 0 Å².